The van der Waals surface area contributed by atoms with Crippen LogP contribution >= 0.6 is 0 Å². The summed E-state index contributed by atoms with van der Waals surface area (Å²) in [7, 11) is 0. The fourth-order valence-electron chi connectivity index (χ4n) is 3.71. The quantitative estimate of drug-likeness (QED) is 0.839. The minimum atomic E-state index is 0.291. The topological polar surface area (TPSA) is 47.4 Å². The van der Waals surface area contributed by atoms with Crippen LogP contribution in [0.2, 0.25) is 0 Å². The van der Waals surface area contributed by atoms with Gasteiger partial charge in [-0.1, -0.05) is 0 Å². The molecule has 1 amide bonds. The number of nitrogens with zero attached hydrogens (tertiary/aromatic N) is 3. The summed E-state index contributed by atoms with van der Waals surface area (Å²) >= 11 is 0. The highest BCUT2D eigenvalue weighted by Gasteiger charge is 2.30. The Morgan fingerprint density at radius 1 is 1.36 bits per heavy atom. The smallest absolute Gasteiger partial charge is 0.222 e. The average molecular weight is 305 g/mol. The lowest BCUT2D eigenvalue weighted by Gasteiger charge is -2.25. The predicted molar refractivity (Wildman–Crippen MR) is 84.6 cm³/mol. The van der Waals surface area contributed by atoms with Crippen LogP contribution in [0.25, 0.3) is 0 Å². The average Bonchev–Trinajstić information content (AvgIpc) is 3.20. The number of rotatable bonds is 5. The van der Waals surface area contributed by atoms with Crippen LogP contribution < -0.4 is 0 Å². The number of likely N-dealkylation sites (tertiary alicyclic amines) is 1. The summed E-state index contributed by atoms with van der Waals surface area (Å²) in [6.07, 6.45) is 6.26. The number of amides is 1. The Kier molecular flexibility index (Phi) is 4.81. The molecule has 1 aromatic heterocycles. The molecule has 2 aliphatic heterocycles. The van der Waals surface area contributed by atoms with E-state index in [0.29, 0.717) is 24.5 Å². The number of aromatic nitrogens is 2. The molecule has 0 N–H and O–H groups in total. The highest BCUT2D eigenvalue weighted by atomic mass is 16.5. The predicted octanol–water partition coefficient (Wildman–Crippen LogP) is 2.45. The molecule has 5 nitrogen and oxygen atoms in total. The Morgan fingerprint density at radius 3 is 2.91 bits per heavy atom. The first kappa shape index (κ1) is 15.5. The minimum absolute atomic E-state index is 0.291. The van der Waals surface area contributed by atoms with Crippen molar-refractivity contribution in [1.82, 2.24) is 14.7 Å². The van der Waals surface area contributed by atoms with Crippen LogP contribution in [0, 0.1) is 13.8 Å². The summed E-state index contributed by atoms with van der Waals surface area (Å²) in [5.41, 5.74) is 2.22. The lowest BCUT2D eigenvalue weighted by Crippen LogP contribution is -2.38. The van der Waals surface area contributed by atoms with Crippen LogP contribution in [0.4, 0.5) is 0 Å². The first-order chi connectivity index (χ1) is 10.6. The molecule has 2 fully saturated rings. The molecule has 1 aromatic rings. The fourth-order valence-corrected chi connectivity index (χ4v) is 3.71. The highest BCUT2D eigenvalue weighted by Crippen LogP contribution is 2.23. The van der Waals surface area contributed by atoms with Crippen molar-refractivity contribution < 1.29 is 9.53 Å². The molecule has 122 valence electrons. The molecular weight excluding hydrogens is 278 g/mol. The minimum Gasteiger partial charge on any atom is -0.378 e. The third kappa shape index (κ3) is 3.51. The van der Waals surface area contributed by atoms with Crippen LogP contribution in [-0.2, 0) is 16.1 Å². The molecule has 2 aliphatic rings. The Balaban J connectivity index is 1.55. The van der Waals surface area contributed by atoms with Crippen LogP contribution in [0.15, 0.2) is 6.07 Å². The van der Waals surface area contributed by atoms with E-state index in [1.54, 1.807) is 0 Å². The molecule has 3 heterocycles. The number of carbonyl (C=O) groups excluding carboxylic acids is 1. The van der Waals surface area contributed by atoms with Crippen molar-refractivity contribution in [1.29, 1.82) is 0 Å². The van der Waals surface area contributed by atoms with Gasteiger partial charge in [-0.05, 0) is 52.0 Å². The van der Waals surface area contributed by atoms with Crippen LogP contribution in [0.3, 0.4) is 0 Å². The van der Waals surface area contributed by atoms with E-state index in [4.69, 9.17) is 4.74 Å². The van der Waals surface area contributed by atoms with Crippen LogP contribution in [-0.4, -0.2) is 45.9 Å². The zero-order valence-corrected chi connectivity index (χ0v) is 13.8. The number of aryl methyl sites for hydroxylation is 2. The van der Waals surface area contributed by atoms with Crippen molar-refractivity contribution in [3.8, 4) is 0 Å². The van der Waals surface area contributed by atoms with E-state index in [1.165, 1.54) is 5.69 Å². The van der Waals surface area contributed by atoms with Gasteiger partial charge in [0, 0.05) is 25.3 Å². The Morgan fingerprint density at radius 2 is 2.23 bits per heavy atom. The molecule has 0 spiro atoms. The van der Waals surface area contributed by atoms with Crippen molar-refractivity contribution >= 4 is 5.91 Å². The molecule has 5 heteroatoms. The van der Waals surface area contributed by atoms with Gasteiger partial charge in [-0.25, -0.2) is 0 Å². The van der Waals surface area contributed by atoms with Gasteiger partial charge in [0.05, 0.1) is 24.4 Å². The van der Waals surface area contributed by atoms with Gasteiger partial charge in [0.2, 0.25) is 5.91 Å². The summed E-state index contributed by atoms with van der Waals surface area (Å²) in [6, 6.07) is 2.40. The third-order valence-corrected chi connectivity index (χ3v) is 4.89. The van der Waals surface area contributed by atoms with E-state index in [-0.39, 0.29) is 0 Å². The summed E-state index contributed by atoms with van der Waals surface area (Å²) in [6.45, 7) is 6.68. The maximum atomic E-state index is 12.5. The molecule has 0 aliphatic carbocycles. The third-order valence-electron chi connectivity index (χ3n) is 4.89. The molecule has 2 saturated heterocycles. The molecule has 0 radical (unpaired) electrons. The molecular formula is C17H27N3O2. The molecule has 2 atom stereocenters. The van der Waals surface area contributed by atoms with Gasteiger partial charge in [-0.15, -0.1) is 0 Å². The monoisotopic (exact) mass is 305 g/mol. The van der Waals surface area contributed by atoms with E-state index in [0.717, 1.165) is 57.5 Å². The molecule has 22 heavy (non-hydrogen) atoms. The Labute approximate surface area is 132 Å². The summed E-state index contributed by atoms with van der Waals surface area (Å²) in [5, 5.41) is 4.54. The van der Waals surface area contributed by atoms with Gasteiger partial charge >= 0.3 is 0 Å². The van der Waals surface area contributed by atoms with Gasteiger partial charge in [-0.2, -0.15) is 5.10 Å². The van der Waals surface area contributed by atoms with Gasteiger partial charge in [0.1, 0.15) is 0 Å². The maximum Gasteiger partial charge on any atom is 0.222 e. The SMILES string of the molecule is Cc1cc(C)n(C[C@@H]2CCCN2C(=O)CC[C@@H]2CCCO2)n1. The Hall–Kier alpha value is -1.36. The standard InChI is InChI=1S/C17H27N3O2/c1-13-11-14(2)20(18-13)12-15-5-3-9-19(15)17(21)8-7-16-6-4-10-22-16/h11,15-16H,3-10,12H2,1-2H3/t15-,16-/m0/s1. The van der Waals surface area contributed by atoms with E-state index >= 15 is 0 Å². The zero-order valence-electron chi connectivity index (χ0n) is 13.8. The Bertz CT molecular complexity index is 520. The van der Waals surface area contributed by atoms with Crippen molar-refractivity contribution in [3.63, 3.8) is 0 Å². The molecule has 3 rings (SSSR count). The van der Waals surface area contributed by atoms with Crippen molar-refractivity contribution in [2.24, 2.45) is 0 Å². The van der Waals surface area contributed by atoms with Crippen molar-refractivity contribution in [2.75, 3.05) is 13.2 Å². The lowest BCUT2D eigenvalue weighted by molar-refractivity contribution is -0.132. The van der Waals surface area contributed by atoms with Gasteiger partial charge in [0.25, 0.3) is 0 Å². The van der Waals surface area contributed by atoms with E-state index in [9.17, 15) is 4.79 Å². The van der Waals surface area contributed by atoms with Crippen molar-refractivity contribution in [3.05, 3.63) is 17.5 Å². The van der Waals surface area contributed by atoms with Gasteiger partial charge in [-0.3, -0.25) is 9.48 Å². The maximum absolute atomic E-state index is 12.5. The lowest BCUT2D eigenvalue weighted by atomic mass is 10.1. The van der Waals surface area contributed by atoms with Crippen LogP contribution in [0.5, 0.6) is 0 Å². The van der Waals surface area contributed by atoms with Crippen LogP contribution in [0.1, 0.15) is 49.9 Å². The second kappa shape index (κ2) is 6.82. The number of ether oxygens (including phenoxy) is 1. The number of carbonyl (C=O) groups is 1. The summed E-state index contributed by atoms with van der Waals surface area (Å²) < 4.78 is 7.67. The first-order valence-corrected chi connectivity index (χ1v) is 8.55. The van der Waals surface area contributed by atoms with E-state index < -0.39 is 0 Å². The molecule has 0 aromatic carbocycles. The van der Waals surface area contributed by atoms with Gasteiger partial charge < -0.3 is 9.64 Å². The van der Waals surface area contributed by atoms with E-state index in [2.05, 4.69) is 23.0 Å². The first-order valence-electron chi connectivity index (χ1n) is 8.55. The normalized spacial score (nSPS) is 25.1. The largest absolute Gasteiger partial charge is 0.378 e. The molecule has 0 bridgehead atoms. The summed E-state index contributed by atoms with van der Waals surface area (Å²) in [4.78, 5) is 14.6. The van der Waals surface area contributed by atoms with Crippen molar-refractivity contribution in [2.45, 2.75) is 71.1 Å². The van der Waals surface area contributed by atoms with Gasteiger partial charge in [0.15, 0.2) is 0 Å². The number of hydrogen-bond acceptors (Lipinski definition) is 3. The molecule has 0 saturated carbocycles. The zero-order chi connectivity index (χ0) is 15.5. The fraction of sp³-hybridized carbons (Fsp3) is 0.765. The summed E-state index contributed by atoms with van der Waals surface area (Å²) in [5.74, 6) is 0.291. The second-order valence-corrected chi connectivity index (χ2v) is 6.67. The van der Waals surface area contributed by atoms with E-state index in [1.807, 2.05) is 11.6 Å². The number of hydrogen-bond donors (Lipinski definition) is 0. The highest BCUT2D eigenvalue weighted by molar-refractivity contribution is 5.76. The second-order valence-electron chi connectivity index (χ2n) is 6.67. The molecule has 0 unspecified atom stereocenters.